The minimum atomic E-state index is -0.536. The van der Waals surface area contributed by atoms with Crippen LogP contribution in [-0.2, 0) is 4.79 Å². The van der Waals surface area contributed by atoms with Crippen LogP contribution in [0.15, 0.2) is 0 Å². The maximum atomic E-state index is 10.7. The van der Waals surface area contributed by atoms with Crippen molar-refractivity contribution in [1.29, 1.82) is 0 Å². The van der Waals surface area contributed by atoms with E-state index in [0.717, 1.165) is 44.8 Å². The average molecular weight is 171 g/mol. The van der Waals surface area contributed by atoms with E-state index in [4.69, 9.17) is 5.73 Å². The molecule has 0 aliphatic heterocycles. The summed E-state index contributed by atoms with van der Waals surface area (Å²) in [7, 11) is 0. The van der Waals surface area contributed by atoms with Crippen molar-refractivity contribution in [3.05, 3.63) is 0 Å². The van der Waals surface area contributed by atoms with Crippen LogP contribution in [0.3, 0.4) is 0 Å². The van der Waals surface area contributed by atoms with Gasteiger partial charge in [0.25, 0.3) is 0 Å². The van der Waals surface area contributed by atoms with Crippen molar-refractivity contribution in [2.24, 2.45) is 5.73 Å². The lowest BCUT2D eigenvalue weighted by Crippen LogP contribution is -2.41. The van der Waals surface area contributed by atoms with Gasteiger partial charge in [-0.05, 0) is 12.8 Å². The second-order valence-electron chi connectivity index (χ2n) is 3.56. The normalized spacial score (nSPS) is 11.6. The third-order valence-corrected chi connectivity index (χ3v) is 2.23. The van der Waals surface area contributed by atoms with Crippen LogP contribution in [0, 0.1) is 0 Å². The third kappa shape index (κ3) is 4.50. The van der Waals surface area contributed by atoms with E-state index in [1.54, 1.807) is 0 Å². The topological polar surface area (TPSA) is 43.1 Å². The first-order chi connectivity index (χ1) is 5.68. The Morgan fingerprint density at radius 2 is 1.58 bits per heavy atom. The van der Waals surface area contributed by atoms with Gasteiger partial charge in [-0.3, -0.25) is 0 Å². The van der Waals surface area contributed by atoms with E-state index in [0.29, 0.717) is 0 Å². The fourth-order valence-electron chi connectivity index (χ4n) is 1.25. The highest BCUT2D eigenvalue weighted by Crippen LogP contribution is 2.16. The zero-order valence-corrected chi connectivity index (χ0v) is 8.31. The summed E-state index contributed by atoms with van der Waals surface area (Å²) in [4.78, 5) is 10.7. The van der Waals surface area contributed by atoms with Crippen LogP contribution in [-0.4, -0.2) is 11.8 Å². The van der Waals surface area contributed by atoms with Gasteiger partial charge < -0.3 is 10.5 Å². The molecular weight excluding hydrogens is 150 g/mol. The first-order valence-corrected chi connectivity index (χ1v) is 4.93. The van der Waals surface area contributed by atoms with Gasteiger partial charge in [-0.25, -0.2) is 0 Å². The minimum absolute atomic E-state index is 0.536. The molecule has 0 radical (unpaired) electrons. The van der Waals surface area contributed by atoms with E-state index in [-0.39, 0.29) is 0 Å². The Balaban J connectivity index is 3.78. The van der Waals surface area contributed by atoms with Crippen LogP contribution in [0.25, 0.3) is 0 Å². The monoisotopic (exact) mass is 171 g/mol. The van der Waals surface area contributed by atoms with Crippen LogP contribution >= 0.6 is 0 Å². The number of aldehydes is 1. The number of carbonyl (C=O) groups is 1. The minimum Gasteiger partial charge on any atom is -0.319 e. The Kier molecular flexibility index (Phi) is 5.99. The van der Waals surface area contributed by atoms with Crippen molar-refractivity contribution in [2.75, 3.05) is 0 Å². The summed E-state index contributed by atoms with van der Waals surface area (Å²) < 4.78 is 0. The lowest BCUT2D eigenvalue weighted by molar-refractivity contribution is -0.112. The number of unbranched alkanes of at least 4 members (excludes halogenated alkanes) is 2. The summed E-state index contributed by atoms with van der Waals surface area (Å²) in [5.74, 6) is 0. The maximum Gasteiger partial charge on any atom is 0.139 e. The molecule has 0 unspecified atom stereocenters. The molecule has 0 amide bonds. The molecule has 12 heavy (non-hydrogen) atoms. The predicted molar refractivity (Wildman–Crippen MR) is 52.0 cm³/mol. The van der Waals surface area contributed by atoms with Gasteiger partial charge in [0.05, 0.1) is 5.54 Å². The molecule has 0 rings (SSSR count). The Hall–Kier alpha value is -0.370. The molecule has 0 heterocycles. The van der Waals surface area contributed by atoms with Crippen molar-refractivity contribution in [1.82, 2.24) is 0 Å². The molecule has 0 saturated carbocycles. The second kappa shape index (κ2) is 6.18. The first-order valence-electron chi connectivity index (χ1n) is 4.93. The zero-order valence-electron chi connectivity index (χ0n) is 8.31. The number of hydrogen-bond acceptors (Lipinski definition) is 2. The van der Waals surface area contributed by atoms with E-state index in [9.17, 15) is 4.79 Å². The summed E-state index contributed by atoms with van der Waals surface area (Å²) >= 11 is 0. The Morgan fingerprint density at radius 3 is 1.83 bits per heavy atom. The van der Waals surface area contributed by atoms with Crippen LogP contribution in [0.5, 0.6) is 0 Å². The van der Waals surface area contributed by atoms with Gasteiger partial charge in [0, 0.05) is 0 Å². The highest BCUT2D eigenvalue weighted by atomic mass is 16.1. The van der Waals surface area contributed by atoms with Gasteiger partial charge in [-0.2, -0.15) is 0 Å². The van der Waals surface area contributed by atoms with Crippen LogP contribution in [0.2, 0.25) is 0 Å². The molecule has 0 aromatic carbocycles. The summed E-state index contributed by atoms with van der Waals surface area (Å²) in [6.07, 6.45) is 6.94. The maximum absolute atomic E-state index is 10.7. The largest absolute Gasteiger partial charge is 0.319 e. The number of carbonyl (C=O) groups excluding carboxylic acids is 1. The molecule has 0 saturated heterocycles. The zero-order chi connectivity index (χ0) is 9.45. The van der Waals surface area contributed by atoms with E-state index in [1.807, 2.05) is 0 Å². The Labute approximate surface area is 75.5 Å². The molecular formula is C10H21NO. The number of hydrogen-bond donors (Lipinski definition) is 1. The quantitative estimate of drug-likeness (QED) is 0.597. The van der Waals surface area contributed by atoms with Gasteiger partial charge in [0.2, 0.25) is 0 Å². The van der Waals surface area contributed by atoms with Crippen molar-refractivity contribution in [3.8, 4) is 0 Å². The lowest BCUT2D eigenvalue weighted by atomic mass is 9.90. The van der Waals surface area contributed by atoms with Gasteiger partial charge in [-0.1, -0.05) is 39.5 Å². The van der Waals surface area contributed by atoms with Crippen molar-refractivity contribution < 1.29 is 4.79 Å². The fraction of sp³-hybridized carbons (Fsp3) is 0.900. The molecule has 0 aromatic heterocycles. The fourth-order valence-corrected chi connectivity index (χ4v) is 1.25. The van der Waals surface area contributed by atoms with E-state index >= 15 is 0 Å². The average Bonchev–Trinajstić information content (AvgIpc) is 2.11. The molecule has 2 N–H and O–H groups in total. The molecule has 2 nitrogen and oxygen atoms in total. The van der Waals surface area contributed by atoms with Crippen molar-refractivity contribution in [2.45, 2.75) is 57.9 Å². The van der Waals surface area contributed by atoms with Gasteiger partial charge >= 0.3 is 0 Å². The van der Waals surface area contributed by atoms with E-state index in [1.165, 1.54) is 0 Å². The Bertz CT molecular complexity index is 115. The summed E-state index contributed by atoms with van der Waals surface area (Å²) in [5.41, 5.74) is 5.37. The van der Waals surface area contributed by atoms with Crippen LogP contribution < -0.4 is 5.73 Å². The highest BCUT2D eigenvalue weighted by Gasteiger charge is 2.22. The lowest BCUT2D eigenvalue weighted by Gasteiger charge is -2.22. The van der Waals surface area contributed by atoms with Crippen molar-refractivity contribution >= 4 is 6.29 Å². The predicted octanol–water partition coefficient (Wildman–Crippen LogP) is 2.26. The third-order valence-electron chi connectivity index (χ3n) is 2.23. The SMILES string of the molecule is CCCCC(N)(C=O)CCCC. The standard InChI is InChI=1S/C10H21NO/c1-3-5-7-10(11,9-12)8-6-4-2/h9H,3-8,11H2,1-2H3. The Morgan fingerprint density at radius 1 is 1.17 bits per heavy atom. The molecule has 0 spiro atoms. The number of rotatable bonds is 7. The molecule has 0 aromatic rings. The summed E-state index contributed by atoms with van der Waals surface area (Å²) in [6, 6.07) is 0. The molecule has 0 fully saturated rings. The first kappa shape index (κ1) is 11.6. The van der Waals surface area contributed by atoms with Gasteiger partial charge in [0.15, 0.2) is 0 Å². The van der Waals surface area contributed by atoms with Gasteiger partial charge in [-0.15, -0.1) is 0 Å². The number of nitrogens with two attached hydrogens (primary N) is 1. The second-order valence-corrected chi connectivity index (χ2v) is 3.56. The van der Waals surface area contributed by atoms with E-state index in [2.05, 4.69) is 13.8 Å². The highest BCUT2D eigenvalue weighted by molar-refractivity contribution is 5.63. The molecule has 2 heteroatoms. The molecule has 0 bridgehead atoms. The van der Waals surface area contributed by atoms with Crippen LogP contribution in [0.4, 0.5) is 0 Å². The van der Waals surface area contributed by atoms with Crippen LogP contribution in [0.1, 0.15) is 52.4 Å². The van der Waals surface area contributed by atoms with Gasteiger partial charge in [0.1, 0.15) is 6.29 Å². The molecule has 72 valence electrons. The summed E-state index contributed by atoms with van der Waals surface area (Å²) in [6.45, 7) is 4.23. The molecule has 0 aliphatic carbocycles. The van der Waals surface area contributed by atoms with Crippen molar-refractivity contribution in [3.63, 3.8) is 0 Å². The molecule has 0 atom stereocenters. The summed E-state index contributed by atoms with van der Waals surface area (Å²) in [5, 5.41) is 0. The van der Waals surface area contributed by atoms with E-state index < -0.39 is 5.54 Å². The smallest absolute Gasteiger partial charge is 0.139 e. The molecule has 0 aliphatic rings.